The Bertz CT molecular complexity index is 710. The Morgan fingerprint density at radius 1 is 1.17 bits per heavy atom. The predicted molar refractivity (Wildman–Crippen MR) is 95.5 cm³/mol. The molecule has 0 aliphatic carbocycles. The lowest BCUT2D eigenvalue weighted by Crippen LogP contribution is -2.14. The van der Waals surface area contributed by atoms with Crippen molar-refractivity contribution in [1.82, 2.24) is 14.8 Å². The number of rotatable bonds is 8. The van der Waals surface area contributed by atoms with Gasteiger partial charge in [0.15, 0.2) is 10.9 Å². The van der Waals surface area contributed by atoms with Crippen molar-refractivity contribution in [2.45, 2.75) is 45.3 Å². The van der Waals surface area contributed by atoms with E-state index in [4.69, 9.17) is 0 Å². The number of hydrogen-bond donors (Lipinski definition) is 1. The average Bonchev–Trinajstić information content (AvgIpc) is 2.95. The molecule has 0 unspecified atom stereocenters. The van der Waals surface area contributed by atoms with E-state index < -0.39 is 0 Å². The zero-order chi connectivity index (χ0) is 17.5. The lowest BCUT2D eigenvalue weighted by atomic mass is 10.1. The number of anilines is 1. The molecule has 24 heavy (non-hydrogen) atoms. The van der Waals surface area contributed by atoms with Crippen molar-refractivity contribution in [3.63, 3.8) is 0 Å². The van der Waals surface area contributed by atoms with Crippen LogP contribution in [0.5, 0.6) is 0 Å². The quantitative estimate of drug-likeness (QED) is 0.587. The van der Waals surface area contributed by atoms with Crippen LogP contribution in [0.25, 0.3) is 0 Å². The van der Waals surface area contributed by atoms with E-state index in [1.165, 1.54) is 18.7 Å². The third-order valence-corrected chi connectivity index (χ3v) is 4.46. The van der Waals surface area contributed by atoms with Crippen molar-refractivity contribution in [2.24, 2.45) is 0 Å². The maximum Gasteiger partial charge on any atom is 0.234 e. The number of Topliss-reactive ketones (excluding diaryl/α,β-unsaturated/α-hetero) is 1. The Labute approximate surface area is 146 Å². The third kappa shape index (κ3) is 4.67. The molecule has 2 aromatic rings. The Morgan fingerprint density at radius 2 is 1.88 bits per heavy atom. The zero-order valence-corrected chi connectivity index (χ0v) is 15.0. The number of nitrogens with one attached hydrogen (secondary N) is 1. The maximum atomic E-state index is 12.1. The summed E-state index contributed by atoms with van der Waals surface area (Å²) in [4.78, 5) is 23.3. The van der Waals surface area contributed by atoms with Gasteiger partial charge < -0.3 is 9.88 Å². The molecule has 0 radical (unpaired) electrons. The molecule has 7 heteroatoms. The molecule has 1 aromatic heterocycles. The highest BCUT2D eigenvalue weighted by Crippen LogP contribution is 2.18. The molecule has 1 aromatic carbocycles. The minimum absolute atomic E-state index is 0.00483. The number of aryl methyl sites for hydroxylation is 1. The fourth-order valence-corrected chi connectivity index (χ4v) is 3.09. The van der Waals surface area contributed by atoms with Crippen LogP contribution < -0.4 is 5.32 Å². The molecule has 2 rings (SSSR count). The van der Waals surface area contributed by atoms with Gasteiger partial charge in [0.2, 0.25) is 5.91 Å². The number of ketones is 1. The van der Waals surface area contributed by atoms with Gasteiger partial charge in [-0.25, -0.2) is 0 Å². The number of amides is 1. The van der Waals surface area contributed by atoms with Crippen molar-refractivity contribution in [3.05, 3.63) is 35.7 Å². The molecule has 128 valence electrons. The van der Waals surface area contributed by atoms with Gasteiger partial charge in [0.25, 0.3) is 0 Å². The fourth-order valence-electron chi connectivity index (χ4n) is 2.27. The van der Waals surface area contributed by atoms with Crippen LogP contribution in [0.4, 0.5) is 5.69 Å². The summed E-state index contributed by atoms with van der Waals surface area (Å²) in [7, 11) is 0. The van der Waals surface area contributed by atoms with E-state index in [0.717, 1.165) is 30.4 Å². The van der Waals surface area contributed by atoms with Gasteiger partial charge in [-0.15, -0.1) is 10.2 Å². The molecule has 0 atom stereocenters. The normalized spacial score (nSPS) is 10.6. The Kier molecular flexibility index (Phi) is 6.54. The van der Waals surface area contributed by atoms with Crippen LogP contribution in [0, 0.1) is 0 Å². The summed E-state index contributed by atoms with van der Waals surface area (Å²) < 4.78 is 2.04. The smallest absolute Gasteiger partial charge is 0.234 e. The molecule has 0 fully saturated rings. The molecule has 1 amide bonds. The predicted octanol–water partition coefficient (Wildman–Crippen LogP) is 3.18. The third-order valence-electron chi connectivity index (χ3n) is 3.49. The van der Waals surface area contributed by atoms with Gasteiger partial charge in [-0.1, -0.05) is 18.7 Å². The first kappa shape index (κ1) is 18.2. The summed E-state index contributed by atoms with van der Waals surface area (Å²) in [6.07, 6.45) is 1.90. The number of carbonyl (C=O) groups is 2. The van der Waals surface area contributed by atoms with E-state index in [1.807, 2.05) is 11.5 Å². The molecule has 1 N–H and O–H groups in total. The SMILES string of the molecule is CCCc1nnc(SCC(=O)Nc2ccc(C(C)=O)cc2)n1CC. The van der Waals surface area contributed by atoms with Gasteiger partial charge in [0, 0.05) is 24.2 Å². The van der Waals surface area contributed by atoms with Crippen LogP contribution in [0.1, 0.15) is 43.4 Å². The molecule has 0 saturated heterocycles. The Hall–Kier alpha value is -2.15. The second-order valence-corrected chi connectivity index (χ2v) is 6.31. The van der Waals surface area contributed by atoms with Gasteiger partial charge in [0.1, 0.15) is 5.82 Å². The van der Waals surface area contributed by atoms with E-state index in [2.05, 4.69) is 22.4 Å². The summed E-state index contributed by atoms with van der Waals surface area (Å²) in [5, 5.41) is 12.0. The van der Waals surface area contributed by atoms with Crippen molar-refractivity contribution >= 4 is 29.1 Å². The standard InChI is InChI=1S/C17H22N4O2S/c1-4-6-15-19-20-17(21(15)5-2)24-11-16(23)18-14-9-7-13(8-10-14)12(3)22/h7-10H,4-6,11H2,1-3H3,(H,18,23). The van der Waals surface area contributed by atoms with E-state index in [1.54, 1.807) is 24.3 Å². The Balaban J connectivity index is 1.92. The molecule has 0 aliphatic heterocycles. The van der Waals surface area contributed by atoms with Crippen LogP contribution >= 0.6 is 11.8 Å². The Morgan fingerprint density at radius 3 is 2.46 bits per heavy atom. The first-order valence-electron chi connectivity index (χ1n) is 8.00. The first-order valence-corrected chi connectivity index (χ1v) is 8.99. The van der Waals surface area contributed by atoms with Crippen LogP contribution in [0.2, 0.25) is 0 Å². The lowest BCUT2D eigenvalue weighted by molar-refractivity contribution is -0.113. The molecule has 0 aliphatic rings. The molecular weight excluding hydrogens is 324 g/mol. The highest BCUT2D eigenvalue weighted by molar-refractivity contribution is 7.99. The van der Waals surface area contributed by atoms with E-state index >= 15 is 0 Å². The number of thioether (sulfide) groups is 1. The summed E-state index contributed by atoms with van der Waals surface area (Å²) >= 11 is 1.38. The highest BCUT2D eigenvalue weighted by Gasteiger charge is 2.12. The van der Waals surface area contributed by atoms with Crippen LogP contribution in [-0.4, -0.2) is 32.2 Å². The minimum Gasteiger partial charge on any atom is -0.325 e. The van der Waals surface area contributed by atoms with Gasteiger partial charge in [-0.05, 0) is 44.5 Å². The first-order chi connectivity index (χ1) is 11.5. The summed E-state index contributed by atoms with van der Waals surface area (Å²) in [6, 6.07) is 6.87. The number of carbonyl (C=O) groups excluding carboxylic acids is 2. The van der Waals surface area contributed by atoms with Crippen molar-refractivity contribution < 1.29 is 9.59 Å². The highest BCUT2D eigenvalue weighted by atomic mass is 32.2. The lowest BCUT2D eigenvalue weighted by Gasteiger charge is -2.07. The molecule has 0 saturated carbocycles. The number of benzene rings is 1. The molecule has 0 spiro atoms. The average molecular weight is 346 g/mol. The van der Waals surface area contributed by atoms with Crippen LogP contribution in [0.15, 0.2) is 29.4 Å². The van der Waals surface area contributed by atoms with Crippen LogP contribution in [0.3, 0.4) is 0 Å². The molecule has 0 bridgehead atoms. The monoisotopic (exact) mass is 346 g/mol. The number of nitrogens with zero attached hydrogens (tertiary/aromatic N) is 3. The van der Waals surface area contributed by atoms with E-state index in [0.29, 0.717) is 11.3 Å². The second kappa shape index (κ2) is 8.63. The topological polar surface area (TPSA) is 76.9 Å². The van der Waals surface area contributed by atoms with Crippen molar-refractivity contribution in [2.75, 3.05) is 11.1 Å². The zero-order valence-electron chi connectivity index (χ0n) is 14.2. The van der Waals surface area contributed by atoms with E-state index in [-0.39, 0.29) is 17.4 Å². The number of aromatic nitrogens is 3. The molecule has 1 heterocycles. The van der Waals surface area contributed by atoms with E-state index in [9.17, 15) is 9.59 Å². The van der Waals surface area contributed by atoms with Gasteiger partial charge in [-0.2, -0.15) is 0 Å². The van der Waals surface area contributed by atoms with Gasteiger partial charge in [-0.3, -0.25) is 9.59 Å². The van der Waals surface area contributed by atoms with Gasteiger partial charge in [0.05, 0.1) is 5.75 Å². The summed E-state index contributed by atoms with van der Waals surface area (Å²) in [5.41, 5.74) is 1.30. The molecular formula is C17H22N4O2S. The fraction of sp³-hybridized carbons (Fsp3) is 0.412. The van der Waals surface area contributed by atoms with Crippen molar-refractivity contribution in [1.29, 1.82) is 0 Å². The van der Waals surface area contributed by atoms with Gasteiger partial charge >= 0.3 is 0 Å². The second-order valence-electron chi connectivity index (χ2n) is 5.36. The minimum atomic E-state index is -0.113. The van der Waals surface area contributed by atoms with Crippen LogP contribution in [-0.2, 0) is 17.8 Å². The maximum absolute atomic E-state index is 12.1. The largest absolute Gasteiger partial charge is 0.325 e. The number of hydrogen-bond acceptors (Lipinski definition) is 5. The summed E-state index contributed by atoms with van der Waals surface area (Å²) in [5.74, 6) is 1.12. The molecule has 6 nitrogen and oxygen atoms in total. The van der Waals surface area contributed by atoms with Crippen molar-refractivity contribution in [3.8, 4) is 0 Å². The summed E-state index contributed by atoms with van der Waals surface area (Å²) in [6.45, 7) is 6.45.